The van der Waals surface area contributed by atoms with Crippen molar-refractivity contribution in [1.29, 1.82) is 0 Å². The minimum Gasteiger partial charge on any atom is -0.493 e. The molecule has 0 unspecified atom stereocenters. The zero-order chi connectivity index (χ0) is 21.3. The number of methoxy groups -OCH3 is 1. The minimum absolute atomic E-state index is 0.215. The Morgan fingerprint density at radius 2 is 2.03 bits per heavy atom. The largest absolute Gasteiger partial charge is 0.493 e. The number of rotatable bonds is 10. The topological polar surface area (TPSA) is 43.0 Å². The van der Waals surface area contributed by atoms with E-state index < -0.39 is 0 Å². The van der Waals surface area contributed by atoms with Crippen molar-refractivity contribution in [2.45, 2.75) is 19.6 Å². The van der Waals surface area contributed by atoms with Gasteiger partial charge in [0.25, 0.3) is 0 Å². The maximum Gasteiger partial charge on any atom is 0.175 e. The predicted molar refractivity (Wildman–Crippen MR) is 120 cm³/mol. The monoisotopic (exact) mass is 500 g/mol. The zero-order valence-electron chi connectivity index (χ0n) is 17.1. The first-order chi connectivity index (χ1) is 14.6. The van der Waals surface area contributed by atoms with E-state index in [1.165, 1.54) is 12.1 Å². The molecule has 5 nitrogen and oxygen atoms in total. The lowest BCUT2D eigenvalue weighted by atomic mass is 10.2. The van der Waals surface area contributed by atoms with Crippen molar-refractivity contribution in [2.24, 2.45) is 0 Å². The molecule has 0 radical (unpaired) electrons. The molecule has 1 aliphatic rings. The molecule has 164 valence electrons. The normalized spacial score (nSPS) is 14.7. The molecule has 0 atom stereocenters. The van der Waals surface area contributed by atoms with E-state index in [2.05, 4.69) is 26.1 Å². The highest BCUT2D eigenvalue weighted by atomic mass is 79.9. The van der Waals surface area contributed by atoms with Crippen molar-refractivity contribution in [3.05, 3.63) is 56.8 Å². The maximum absolute atomic E-state index is 13.2. The van der Waals surface area contributed by atoms with Gasteiger partial charge in [-0.1, -0.05) is 17.7 Å². The van der Waals surface area contributed by atoms with Crippen molar-refractivity contribution < 1.29 is 18.6 Å². The first-order valence-corrected chi connectivity index (χ1v) is 11.2. The Morgan fingerprint density at radius 3 is 2.77 bits per heavy atom. The van der Waals surface area contributed by atoms with Crippen LogP contribution in [-0.2, 0) is 17.9 Å². The van der Waals surface area contributed by atoms with Crippen molar-refractivity contribution in [3.63, 3.8) is 0 Å². The third-order valence-corrected chi connectivity index (χ3v) is 5.88. The quantitative estimate of drug-likeness (QED) is 0.481. The molecule has 0 amide bonds. The molecule has 1 aliphatic heterocycles. The molecule has 1 saturated heterocycles. The van der Waals surface area contributed by atoms with Crippen LogP contribution in [0.25, 0.3) is 0 Å². The van der Waals surface area contributed by atoms with Gasteiger partial charge in [-0.25, -0.2) is 4.39 Å². The Kier molecular flexibility index (Phi) is 9.21. The summed E-state index contributed by atoms with van der Waals surface area (Å²) >= 11 is 9.66. The summed E-state index contributed by atoms with van der Waals surface area (Å²) in [5.74, 6) is 0.853. The maximum atomic E-state index is 13.2. The van der Waals surface area contributed by atoms with Gasteiger partial charge in [-0.05, 0) is 65.3 Å². The van der Waals surface area contributed by atoms with Crippen LogP contribution in [0.4, 0.5) is 4.39 Å². The first kappa shape index (κ1) is 23.3. The Hall–Kier alpha value is -1.38. The molecule has 0 saturated carbocycles. The van der Waals surface area contributed by atoms with E-state index in [1.807, 2.05) is 12.1 Å². The van der Waals surface area contributed by atoms with Gasteiger partial charge in [0.15, 0.2) is 11.5 Å². The highest BCUT2D eigenvalue weighted by molar-refractivity contribution is 9.10. The summed E-state index contributed by atoms with van der Waals surface area (Å²) in [6.45, 7) is 6.70. The summed E-state index contributed by atoms with van der Waals surface area (Å²) in [5.41, 5.74) is 1.80. The molecule has 1 N–H and O–H groups in total. The fourth-order valence-corrected chi connectivity index (χ4v) is 4.11. The second-order valence-electron chi connectivity index (χ2n) is 7.12. The van der Waals surface area contributed by atoms with E-state index >= 15 is 0 Å². The third kappa shape index (κ3) is 6.82. The first-order valence-electron chi connectivity index (χ1n) is 10.0. The minimum atomic E-state index is -0.371. The van der Waals surface area contributed by atoms with Gasteiger partial charge in [0.1, 0.15) is 12.4 Å². The van der Waals surface area contributed by atoms with E-state index in [-0.39, 0.29) is 12.4 Å². The highest BCUT2D eigenvalue weighted by Crippen LogP contribution is 2.37. The van der Waals surface area contributed by atoms with E-state index in [4.69, 9.17) is 25.8 Å². The van der Waals surface area contributed by atoms with E-state index in [0.717, 1.165) is 62.4 Å². The molecule has 3 rings (SSSR count). The molecule has 0 bridgehead atoms. The van der Waals surface area contributed by atoms with E-state index in [0.29, 0.717) is 22.1 Å². The summed E-state index contributed by atoms with van der Waals surface area (Å²) in [5, 5.41) is 3.82. The molecule has 2 aromatic rings. The van der Waals surface area contributed by atoms with Crippen molar-refractivity contribution in [1.82, 2.24) is 10.2 Å². The number of nitrogens with zero attached hydrogens (tertiary/aromatic N) is 1. The summed E-state index contributed by atoms with van der Waals surface area (Å²) < 4.78 is 30.8. The highest BCUT2D eigenvalue weighted by Gasteiger charge is 2.13. The lowest BCUT2D eigenvalue weighted by Gasteiger charge is -2.26. The van der Waals surface area contributed by atoms with Crippen LogP contribution in [0.15, 0.2) is 34.8 Å². The summed E-state index contributed by atoms with van der Waals surface area (Å²) in [6.07, 6.45) is 1.10. The Labute approximate surface area is 190 Å². The van der Waals surface area contributed by atoms with E-state index in [9.17, 15) is 4.39 Å². The fraction of sp³-hybridized carbons (Fsp3) is 0.455. The van der Waals surface area contributed by atoms with Gasteiger partial charge < -0.3 is 19.5 Å². The van der Waals surface area contributed by atoms with Gasteiger partial charge in [0, 0.05) is 25.2 Å². The van der Waals surface area contributed by atoms with Gasteiger partial charge in [-0.2, -0.15) is 0 Å². The molecule has 8 heteroatoms. The predicted octanol–water partition coefficient (Wildman–Crippen LogP) is 4.64. The molecule has 0 spiro atoms. The van der Waals surface area contributed by atoms with Crippen LogP contribution in [0, 0.1) is 5.82 Å². The number of halogens is 3. The standard InChI is InChI=1S/C22H27BrClFN2O3/c1-28-21-12-16(14-26-5-2-6-27-7-9-29-10-8-27)11-19(23)22(21)30-15-17-3-4-18(25)13-20(17)24/h3-4,11-13,26H,2,5-10,14-15H2,1H3. The van der Waals surface area contributed by atoms with Gasteiger partial charge in [0.2, 0.25) is 0 Å². The van der Waals surface area contributed by atoms with Crippen LogP contribution in [0.5, 0.6) is 11.5 Å². The average molecular weight is 502 g/mol. The van der Waals surface area contributed by atoms with Crippen LogP contribution in [0.1, 0.15) is 17.5 Å². The molecule has 2 aromatic carbocycles. The number of benzene rings is 2. The molecule has 1 fully saturated rings. The molecule has 30 heavy (non-hydrogen) atoms. The number of morpholine rings is 1. The van der Waals surface area contributed by atoms with Crippen LogP contribution >= 0.6 is 27.5 Å². The van der Waals surface area contributed by atoms with E-state index in [1.54, 1.807) is 13.2 Å². The Morgan fingerprint density at radius 1 is 1.23 bits per heavy atom. The van der Waals surface area contributed by atoms with Crippen LogP contribution in [0.2, 0.25) is 5.02 Å². The second kappa shape index (κ2) is 11.9. The molecule has 1 heterocycles. The summed E-state index contributed by atoms with van der Waals surface area (Å²) in [7, 11) is 1.61. The number of hydrogen-bond acceptors (Lipinski definition) is 5. The number of hydrogen-bond donors (Lipinski definition) is 1. The molecule has 0 aliphatic carbocycles. The van der Waals surface area contributed by atoms with Crippen LogP contribution < -0.4 is 14.8 Å². The molecule has 0 aromatic heterocycles. The Balaban J connectivity index is 1.51. The lowest BCUT2D eigenvalue weighted by molar-refractivity contribution is 0.0374. The molecular formula is C22H27BrClFN2O3. The fourth-order valence-electron chi connectivity index (χ4n) is 3.29. The SMILES string of the molecule is COc1cc(CNCCCN2CCOCC2)cc(Br)c1OCc1ccc(F)cc1Cl. The smallest absolute Gasteiger partial charge is 0.175 e. The number of nitrogens with one attached hydrogen (secondary N) is 1. The summed E-state index contributed by atoms with van der Waals surface area (Å²) in [4.78, 5) is 2.43. The lowest BCUT2D eigenvalue weighted by Crippen LogP contribution is -2.37. The second-order valence-corrected chi connectivity index (χ2v) is 8.38. The van der Waals surface area contributed by atoms with Gasteiger partial charge >= 0.3 is 0 Å². The van der Waals surface area contributed by atoms with Crippen LogP contribution in [0.3, 0.4) is 0 Å². The summed E-state index contributed by atoms with van der Waals surface area (Å²) in [6, 6.07) is 8.23. The third-order valence-electron chi connectivity index (χ3n) is 4.94. The Bertz CT molecular complexity index is 834. The van der Waals surface area contributed by atoms with Gasteiger partial charge in [-0.15, -0.1) is 0 Å². The van der Waals surface area contributed by atoms with Gasteiger partial charge in [-0.3, -0.25) is 4.90 Å². The van der Waals surface area contributed by atoms with Crippen LogP contribution in [-0.4, -0.2) is 51.4 Å². The average Bonchev–Trinajstić information content (AvgIpc) is 2.74. The zero-order valence-corrected chi connectivity index (χ0v) is 19.4. The van der Waals surface area contributed by atoms with Gasteiger partial charge in [0.05, 0.1) is 29.8 Å². The molecular weight excluding hydrogens is 475 g/mol. The van der Waals surface area contributed by atoms with Crippen molar-refractivity contribution >= 4 is 27.5 Å². The van der Waals surface area contributed by atoms with Crippen molar-refractivity contribution in [2.75, 3.05) is 46.5 Å². The van der Waals surface area contributed by atoms with Crippen molar-refractivity contribution in [3.8, 4) is 11.5 Å². The number of ether oxygens (including phenoxy) is 3.